The van der Waals surface area contributed by atoms with Gasteiger partial charge in [-0.2, -0.15) is 0 Å². The molecule has 0 saturated carbocycles. The maximum absolute atomic E-state index is 15.4. The molecule has 3 aromatic heterocycles. The smallest absolute Gasteiger partial charge is 0.221 e. The first kappa shape index (κ1) is 33.4. The van der Waals surface area contributed by atoms with Crippen molar-refractivity contribution in [3.63, 3.8) is 0 Å². The number of halogens is 4. The standard InChI is InChI=1S/C32H33Cl2F2N7O3/c1-17(44)13-37-14-18-8-10-40-31(29(18)36)42-24-5-3-4-21(27(24)33)30-28(34)20(9-11-39-30)25-12-23(35)22(32(43-25)46-2)16-38-15-19-6-7-26(45)41-19/h3-5,8-12,17,19,37-38,44H,6-7,13-16H2,1-2H3,(H,40,42)(H,41,45)/t17-,19+/m0/s1. The lowest BCUT2D eigenvalue weighted by Crippen LogP contribution is -2.35. The number of anilines is 2. The van der Waals surface area contributed by atoms with Crippen molar-refractivity contribution in [2.24, 2.45) is 0 Å². The zero-order valence-electron chi connectivity index (χ0n) is 25.1. The van der Waals surface area contributed by atoms with E-state index in [2.05, 4.69) is 36.2 Å². The SMILES string of the molecule is COc1nc(-c2ccnc(-c3cccc(Nc4nccc(CNC[C@H](C)O)c4F)c3Cl)c2Cl)cc(F)c1CNC[C@H]1CCC(=O)N1. The van der Waals surface area contributed by atoms with E-state index in [1.54, 1.807) is 37.3 Å². The Kier molecular flexibility index (Phi) is 11.0. The first-order valence-corrected chi connectivity index (χ1v) is 15.4. The number of methoxy groups -OCH3 is 1. The lowest BCUT2D eigenvalue weighted by molar-refractivity contribution is -0.119. The normalized spacial score (nSPS) is 15.1. The van der Waals surface area contributed by atoms with Crippen molar-refractivity contribution in [1.29, 1.82) is 0 Å². The van der Waals surface area contributed by atoms with Crippen LogP contribution in [0.5, 0.6) is 5.88 Å². The van der Waals surface area contributed by atoms with Crippen LogP contribution in [0.25, 0.3) is 22.5 Å². The lowest BCUT2D eigenvalue weighted by Gasteiger charge is -2.16. The zero-order valence-corrected chi connectivity index (χ0v) is 26.6. The molecule has 10 nitrogen and oxygen atoms in total. The van der Waals surface area contributed by atoms with Crippen LogP contribution in [0.3, 0.4) is 0 Å². The highest BCUT2D eigenvalue weighted by Crippen LogP contribution is 2.41. The topological polar surface area (TPSA) is 133 Å². The van der Waals surface area contributed by atoms with Gasteiger partial charge < -0.3 is 31.1 Å². The molecule has 242 valence electrons. The molecule has 4 heterocycles. The first-order valence-electron chi connectivity index (χ1n) is 14.6. The summed E-state index contributed by atoms with van der Waals surface area (Å²) in [6.07, 6.45) is 3.62. The molecule has 0 spiro atoms. The summed E-state index contributed by atoms with van der Waals surface area (Å²) >= 11 is 13.6. The number of carbonyl (C=O) groups excluding carboxylic acids is 1. The van der Waals surface area contributed by atoms with Gasteiger partial charge in [0.2, 0.25) is 11.8 Å². The van der Waals surface area contributed by atoms with Crippen molar-refractivity contribution < 1.29 is 23.4 Å². The second-order valence-corrected chi connectivity index (χ2v) is 11.6. The van der Waals surface area contributed by atoms with E-state index in [4.69, 9.17) is 27.9 Å². The number of hydrogen-bond donors (Lipinski definition) is 5. The third-order valence-electron chi connectivity index (χ3n) is 7.40. The van der Waals surface area contributed by atoms with Gasteiger partial charge in [-0.15, -0.1) is 0 Å². The summed E-state index contributed by atoms with van der Waals surface area (Å²) in [4.78, 5) is 24.5. The Balaban J connectivity index is 1.38. The third-order valence-corrected chi connectivity index (χ3v) is 8.19. The minimum Gasteiger partial charge on any atom is -0.481 e. The van der Waals surface area contributed by atoms with Crippen LogP contribution in [0, 0.1) is 11.6 Å². The van der Waals surface area contributed by atoms with Gasteiger partial charge in [-0.3, -0.25) is 9.78 Å². The van der Waals surface area contributed by atoms with Crippen LogP contribution in [0.2, 0.25) is 10.0 Å². The molecule has 4 aromatic rings. The van der Waals surface area contributed by atoms with E-state index in [0.29, 0.717) is 47.6 Å². The van der Waals surface area contributed by atoms with Gasteiger partial charge in [0.25, 0.3) is 0 Å². The molecule has 1 aliphatic rings. The summed E-state index contributed by atoms with van der Waals surface area (Å²) in [7, 11) is 1.41. The van der Waals surface area contributed by atoms with Crippen molar-refractivity contribution in [2.75, 3.05) is 25.5 Å². The molecule has 46 heavy (non-hydrogen) atoms. The second kappa shape index (κ2) is 15.1. The highest BCUT2D eigenvalue weighted by molar-refractivity contribution is 6.39. The van der Waals surface area contributed by atoms with Crippen molar-refractivity contribution >= 4 is 40.6 Å². The monoisotopic (exact) mass is 671 g/mol. The van der Waals surface area contributed by atoms with Crippen LogP contribution >= 0.6 is 23.2 Å². The number of aliphatic hydroxyl groups excluding tert-OH is 1. The van der Waals surface area contributed by atoms with Crippen LogP contribution in [-0.4, -0.2) is 58.3 Å². The maximum atomic E-state index is 15.4. The van der Waals surface area contributed by atoms with Crippen molar-refractivity contribution in [1.82, 2.24) is 30.9 Å². The quantitative estimate of drug-likeness (QED) is 0.127. The molecule has 0 radical (unpaired) electrons. The number of hydrogen-bond acceptors (Lipinski definition) is 9. The maximum Gasteiger partial charge on any atom is 0.221 e. The Labute approximate surface area is 274 Å². The predicted octanol–water partition coefficient (Wildman–Crippen LogP) is 5.38. The van der Waals surface area contributed by atoms with Crippen LogP contribution in [0.15, 0.2) is 48.8 Å². The van der Waals surface area contributed by atoms with Gasteiger partial charge in [0.15, 0.2) is 11.6 Å². The van der Waals surface area contributed by atoms with Gasteiger partial charge in [-0.05, 0) is 31.5 Å². The van der Waals surface area contributed by atoms with Crippen molar-refractivity contribution in [3.8, 4) is 28.4 Å². The number of pyridine rings is 3. The van der Waals surface area contributed by atoms with E-state index in [9.17, 15) is 9.90 Å². The Hall–Kier alpha value is -3.94. The number of nitrogens with one attached hydrogen (secondary N) is 4. The number of carbonyl (C=O) groups is 1. The Morgan fingerprint density at radius 3 is 2.63 bits per heavy atom. The van der Waals surface area contributed by atoms with E-state index in [0.717, 1.165) is 6.42 Å². The van der Waals surface area contributed by atoms with Crippen LogP contribution < -0.4 is 26.0 Å². The van der Waals surface area contributed by atoms with Gasteiger partial charge in [0.1, 0.15) is 5.82 Å². The Morgan fingerprint density at radius 1 is 1.09 bits per heavy atom. The zero-order chi connectivity index (χ0) is 32.8. The molecule has 1 amide bonds. The molecular weight excluding hydrogens is 639 g/mol. The highest BCUT2D eigenvalue weighted by atomic mass is 35.5. The van der Waals surface area contributed by atoms with E-state index in [-0.39, 0.29) is 58.0 Å². The molecule has 5 rings (SSSR count). The first-order chi connectivity index (χ1) is 22.2. The van der Waals surface area contributed by atoms with E-state index < -0.39 is 17.7 Å². The average molecular weight is 673 g/mol. The van der Waals surface area contributed by atoms with Gasteiger partial charge in [-0.25, -0.2) is 18.7 Å². The molecule has 0 unspecified atom stereocenters. The minimum atomic E-state index is -0.569. The summed E-state index contributed by atoms with van der Waals surface area (Å²) in [5.41, 5.74) is 2.35. The summed E-state index contributed by atoms with van der Waals surface area (Å²) < 4.78 is 36.1. The molecule has 1 fully saturated rings. The van der Waals surface area contributed by atoms with Gasteiger partial charge in [-0.1, -0.05) is 35.3 Å². The minimum absolute atomic E-state index is 0.00694. The van der Waals surface area contributed by atoms with E-state index in [1.807, 2.05) is 0 Å². The number of rotatable bonds is 13. The van der Waals surface area contributed by atoms with Crippen LogP contribution in [0.4, 0.5) is 20.3 Å². The second-order valence-electron chi connectivity index (χ2n) is 10.8. The van der Waals surface area contributed by atoms with Crippen molar-refractivity contribution in [3.05, 3.63) is 81.6 Å². The summed E-state index contributed by atoms with van der Waals surface area (Å²) in [6, 6.07) is 9.51. The summed E-state index contributed by atoms with van der Waals surface area (Å²) in [5, 5.41) is 21.8. The molecular formula is C32H33Cl2F2N7O3. The number of ether oxygens (including phenoxy) is 1. The summed E-state index contributed by atoms with van der Waals surface area (Å²) in [5.74, 6) is -1.03. The number of amides is 1. The third kappa shape index (κ3) is 7.71. The van der Waals surface area contributed by atoms with E-state index >= 15 is 8.78 Å². The summed E-state index contributed by atoms with van der Waals surface area (Å²) in [6.45, 7) is 2.78. The fourth-order valence-electron chi connectivity index (χ4n) is 5.08. The Bertz CT molecular complexity index is 1730. The van der Waals surface area contributed by atoms with Crippen LogP contribution in [0.1, 0.15) is 30.9 Å². The largest absolute Gasteiger partial charge is 0.481 e. The number of nitrogens with zero attached hydrogens (tertiary/aromatic N) is 3. The number of benzene rings is 1. The number of aliphatic hydroxyl groups is 1. The molecule has 2 atom stereocenters. The fraction of sp³-hybridized carbons (Fsp3) is 0.312. The highest BCUT2D eigenvalue weighted by Gasteiger charge is 2.23. The van der Waals surface area contributed by atoms with Crippen LogP contribution in [-0.2, 0) is 17.9 Å². The molecule has 1 aliphatic heterocycles. The van der Waals surface area contributed by atoms with E-state index in [1.165, 1.54) is 25.6 Å². The number of aromatic nitrogens is 3. The lowest BCUT2D eigenvalue weighted by atomic mass is 10.0. The molecule has 5 N–H and O–H groups in total. The predicted molar refractivity (Wildman–Crippen MR) is 173 cm³/mol. The van der Waals surface area contributed by atoms with Gasteiger partial charge in [0, 0.05) is 73.8 Å². The molecule has 0 bridgehead atoms. The average Bonchev–Trinajstić information content (AvgIpc) is 3.45. The molecule has 0 aliphatic carbocycles. The van der Waals surface area contributed by atoms with Gasteiger partial charge >= 0.3 is 0 Å². The fourth-order valence-corrected chi connectivity index (χ4v) is 5.65. The Morgan fingerprint density at radius 2 is 1.89 bits per heavy atom. The molecule has 1 saturated heterocycles. The molecule has 1 aromatic carbocycles. The molecule has 14 heteroatoms. The van der Waals surface area contributed by atoms with Crippen molar-refractivity contribution in [2.45, 2.75) is 45.0 Å². The van der Waals surface area contributed by atoms with Gasteiger partial charge in [0.05, 0.1) is 45.9 Å².